The van der Waals surface area contributed by atoms with E-state index in [1.165, 1.54) is 20.4 Å². The smallest absolute Gasteiger partial charge is 0.356 e. The van der Waals surface area contributed by atoms with Crippen LogP contribution in [0.4, 0.5) is 5.69 Å². The highest BCUT2D eigenvalue weighted by molar-refractivity contribution is 6.04. The van der Waals surface area contributed by atoms with Crippen molar-refractivity contribution >= 4 is 23.5 Å². The number of imidazole rings is 1. The third kappa shape index (κ3) is 4.96. The number of aromatic amines is 1. The Bertz CT molecular complexity index is 1240. The summed E-state index contributed by atoms with van der Waals surface area (Å²) in [4.78, 5) is 43.6. The fourth-order valence-electron chi connectivity index (χ4n) is 4.10. The number of amides is 2. The minimum atomic E-state index is -1.19. The van der Waals surface area contributed by atoms with Gasteiger partial charge in [-0.2, -0.15) is 0 Å². The second-order valence-corrected chi connectivity index (χ2v) is 8.10. The number of nitrogens with two attached hydrogens (primary N) is 1. The van der Waals surface area contributed by atoms with Gasteiger partial charge in [0.15, 0.2) is 17.2 Å². The van der Waals surface area contributed by atoms with E-state index in [0.717, 1.165) is 0 Å². The predicted molar refractivity (Wildman–Crippen MR) is 129 cm³/mol. The van der Waals surface area contributed by atoms with Crippen molar-refractivity contribution in [3.63, 3.8) is 0 Å². The molecule has 1 aromatic heterocycles. The average Bonchev–Trinajstić information content (AvgIpc) is 3.34. The van der Waals surface area contributed by atoms with Crippen LogP contribution in [0.1, 0.15) is 58.4 Å². The summed E-state index contributed by atoms with van der Waals surface area (Å²) in [5, 5.41) is 12.0. The number of hydrogen-bond donors (Lipinski definition) is 4. The van der Waals surface area contributed by atoms with Crippen molar-refractivity contribution in [2.45, 2.75) is 31.6 Å². The number of aromatic nitrogens is 2. The van der Waals surface area contributed by atoms with E-state index in [1.54, 1.807) is 49.4 Å². The van der Waals surface area contributed by atoms with Crippen molar-refractivity contribution in [2.75, 3.05) is 19.5 Å². The lowest BCUT2D eigenvalue weighted by molar-refractivity contribution is -0.124. The lowest BCUT2D eigenvalue weighted by atomic mass is 9.69. The molecule has 35 heavy (non-hydrogen) atoms. The van der Waals surface area contributed by atoms with Crippen LogP contribution in [-0.4, -0.2) is 47.1 Å². The Morgan fingerprint density at radius 1 is 1.11 bits per heavy atom. The summed E-state index contributed by atoms with van der Waals surface area (Å²) in [6.45, 7) is 3.57. The van der Waals surface area contributed by atoms with Gasteiger partial charge in [-0.15, -0.1) is 0 Å². The largest absolute Gasteiger partial charge is 0.493 e. The first kappa shape index (κ1) is 25.3. The van der Waals surface area contributed by atoms with Crippen molar-refractivity contribution in [3.8, 4) is 11.5 Å². The van der Waals surface area contributed by atoms with Gasteiger partial charge >= 0.3 is 5.97 Å². The van der Waals surface area contributed by atoms with Crippen LogP contribution in [0.5, 0.6) is 11.5 Å². The summed E-state index contributed by atoms with van der Waals surface area (Å²) in [6, 6.07) is 11.6. The number of ether oxygens (including phenoxy) is 2. The Balaban J connectivity index is 1.87. The fourth-order valence-corrected chi connectivity index (χ4v) is 4.10. The molecule has 2 unspecified atom stereocenters. The number of carbonyl (C=O) groups is 3. The third-order valence-electron chi connectivity index (χ3n) is 6.15. The molecule has 0 saturated carbocycles. The van der Waals surface area contributed by atoms with E-state index in [0.29, 0.717) is 40.6 Å². The predicted octanol–water partition coefficient (Wildman–Crippen LogP) is 3.31. The lowest BCUT2D eigenvalue weighted by Gasteiger charge is -2.34. The number of benzene rings is 2. The van der Waals surface area contributed by atoms with Crippen molar-refractivity contribution in [1.29, 1.82) is 0 Å². The number of H-pyrrole nitrogens is 1. The number of nitrogens with one attached hydrogen (secondary N) is 2. The molecule has 10 nitrogen and oxygen atoms in total. The molecule has 0 aliphatic heterocycles. The monoisotopic (exact) mass is 480 g/mol. The summed E-state index contributed by atoms with van der Waals surface area (Å²) in [7, 11) is 3.00. The molecule has 0 spiro atoms. The second-order valence-electron chi connectivity index (χ2n) is 8.10. The van der Waals surface area contributed by atoms with E-state index in [4.69, 9.17) is 15.2 Å². The normalized spacial score (nSPS) is 13.4. The number of nitrogens with zero attached hydrogens (tertiary/aromatic N) is 1. The summed E-state index contributed by atoms with van der Waals surface area (Å²) in [5.41, 5.74) is 6.01. The molecule has 0 radical (unpaired) electrons. The molecule has 2 aromatic carbocycles. The third-order valence-corrected chi connectivity index (χ3v) is 6.15. The highest BCUT2D eigenvalue weighted by Gasteiger charge is 2.43. The number of carboxylic acid groups (broad SMARTS) is 1. The Morgan fingerprint density at radius 2 is 1.77 bits per heavy atom. The van der Waals surface area contributed by atoms with Crippen molar-refractivity contribution < 1.29 is 29.0 Å². The molecule has 0 aliphatic carbocycles. The van der Waals surface area contributed by atoms with Gasteiger partial charge in [0.25, 0.3) is 5.91 Å². The Kier molecular flexibility index (Phi) is 7.43. The first-order valence-corrected chi connectivity index (χ1v) is 10.9. The summed E-state index contributed by atoms with van der Waals surface area (Å²) in [5.74, 6) is -1.30. The fraction of sp³-hybridized carbons (Fsp3) is 0.280. The second kappa shape index (κ2) is 10.3. The quantitative estimate of drug-likeness (QED) is 0.347. The number of rotatable bonds is 10. The molecular weight excluding hydrogens is 452 g/mol. The van der Waals surface area contributed by atoms with Gasteiger partial charge in [0.1, 0.15) is 5.82 Å². The van der Waals surface area contributed by atoms with E-state index in [1.807, 2.05) is 6.92 Å². The Labute approximate surface area is 202 Å². The zero-order valence-electron chi connectivity index (χ0n) is 19.9. The zero-order chi connectivity index (χ0) is 25.8. The van der Waals surface area contributed by atoms with E-state index in [9.17, 15) is 19.5 Å². The highest BCUT2D eigenvalue weighted by Crippen LogP contribution is 2.40. The average molecular weight is 481 g/mol. The van der Waals surface area contributed by atoms with E-state index < -0.39 is 23.2 Å². The van der Waals surface area contributed by atoms with Crippen LogP contribution in [-0.2, 0) is 10.2 Å². The van der Waals surface area contributed by atoms with Crippen molar-refractivity contribution in [3.05, 3.63) is 71.3 Å². The van der Waals surface area contributed by atoms with E-state index in [-0.39, 0.29) is 11.6 Å². The molecule has 10 heteroatoms. The number of aromatic carboxylic acids is 1. The Hall–Kier alpha value is -4.34. The first-order valence-electron chi connectivity index (χ1n) is 10.9. The summed E-state index contributed by atoms with van der Waals surface area (Å²) >= 11 is 0. The van der Waals surface area contributed by atoms with Crippen LogP contribution in [0, 0.1) is 0 Å². The molecule has 3 aromatic rings. The number of primary amides is 1. The van der Waals surface area contributed by atoms with Gasteiger partial charge in [-0.3, -0.25) is 9.59 Å². The number of carbonyl (C=O) groups excluding carboxylic acids is 2. The Morgan fingerprint density at radius 3 is 2.29 bits per heavy atom. The van der Waals surface area contributed by atoms with Crippen LogP contribution < -0.4 is 20.5 Å². The molecule has 0 aliphatic rings. The first-order chi connectivity index (χ1) is 16.6. The topological polar surface area (TPSA) is 157 Å². The molecule has 5 N–H and O–H groups in total. The highest BCUT2D eigenvalue weighted by atomic mass is 16.5. The standard InChI is InChI=1S/C25H28N4O6/c1-5-17(21-27-13-18(29-21)23(31)32)25(2,24(26)33)15-7-9-16(10-8-15)28-22(30)14-6-11-19(34-3)20(12-14)35-4/h6-13,17H,5H2,1-4H3,(H2,26,33)(H,27,29)(H,28,30)(H,31,32). The number of hydrogen-bond acceptors (Lipinski definition) is 6. The minimum Gasteiger partial charge on any atom is -0.493 e. The zero-order valence-corrected chi connectivity index (χ0v) is 19.9. The molecule has 184 valence electrons. The van der Waals surface area contributed by atoms with Crippen LogP contribution in [0.3, 0.4) is 0 Å². The van der Waals surface area contributed by atoms with E-state index >= 15 is 0 Å². The van der Waals surface area contributed by atoms with Gasteiger partial charge < -0.3 is 30.6 Å². The lowest BCUT2D eigenvalue weighted by Crippen LogP contribution is -2.44. The molecule has 2 atom stereocenters. The molecule has 0 bridgehead atoms. The summed E-state index contributed by atoms with van der Waals surface area (Å²) < 4.78 is 10.4. The SMILES string of the molecule is CCC(c1nc(C(=O)O)c[nH]1)C(C)(C(N)=O)c1ccc(NC(=O)c2ccc(OC)c(OC)c2)cc1. The molecule has 1 heterocycles. The van der Waals surface area contributed by atoms with Gasteiger partial charge in [-0.25, -0.2) is 9.78 Å². The molecular formula is C25H28N4O6. The maximum atomic E-state index is 12.7. The molecule has 3 rings (SSSR count). The van der Waals surface area contributed by atoms with Gasteiger partial charge in [0.05, 0.1) is 19.6 Å². The molecule has 0 fully saturated rings. The van der Waals surface area contributed by atoms with Crippen LogP contribution in [0.25, 0.3) is 0 Å². The van der Waals surface area contributed by atoms with Crippen molar-refractivity contribution in [2.24, 2.45) is 5.73 Å². The maximum absolute atomic E-state index is 12.7. The van der Waals surface area contributed by atoms with Gasteiger partial charge in [-0.05, 0) is 49.2 Å². The van der Waals surface area contributed by atoms with Crippen LogP contribution >= 0.6 is 0 Å². The van der Waals surface area contributed by atoms with Crippen LogP contribution in [0.2, 0.25) is 0 Å². The number of methoxy groups -OCH3 is 2. The minimum absolute atomic E-state index is 0.140. The van der Waals surface area contributed by atoms with Gasteiger partial charge in [-0.1, -0.05) is 19.1 Å². The van der Waals surface area contributed by atoms with Gasteiger partial charge in [0.2, 0.25) is 5.91 Å². The van der Waals surface area contributed by atoms with E-state index in [2.05, 4.69) is 15.3 Å². The van der Waals surface area contributed by atoms with Crippen LogP contribution in [0.15, 0.2) is 48.7 Å². The van der Waals surface area contributed by atoms with Crippen molar-refractivity contribution in [1.82, 2.24) is 9.97 Å². The number of carboxylic acids is 1. The number of anilines is 1. The summed E-state index contributed by atoms with van der Waals surface area (Å²) in [6.07, 6.45) is 1.76. The maximum Gasteiger partial charge on any atom is 0.356 e. The van der Waals surface area contributed by atoms with Gasteiger partial charge in [0, 0.05) is 23.4 Å². The molecule has 0 saturated heterocycles. The molecule has 2 amide bonds.